The number of nitrogens with two attached hydrogens (primary N) is 1. The summed E-state index contributed by atoms with van der Waals surface area (Å²) in [6, 6.07) is 8.03. The van der Waals surface area contributed by atoms with E-state index in [0.717, 1.165) is 5.56 Å². The Morgan fingerprint density at radius 1 is 1.30 bits per heavy atom. The van der Waals surface area contributed by atoms with Crippen molar-refractivity contribution in [2.75, 3.05) is 16.8 Å². The van der Waals surface area contributed by atoms with E-state index in [9.17, 15) is 14.4 Å². The van der Waals surface area contributed by atoms with Gasteiger partial charge in [0.1, 0.15) is 6.42 Å². The Morgan fingerprint density at radius 3 is 2.77 bits per heavy atom. The second kappa shape index (κ2) is 9.31. The third kappa shape index (κ3) is 5.29. The highest BCUT2D eigenvalue weighted by atomic mass is 32.1. The Labute approximate surface area is 178 Å². The second-order valence-electron chi connectivity index (χ2n) is 6.81. The molecule has 0 saturated carbocycles. The quantitative estimate of drug-likeness (QED) is 0.384. The van der Waals surface area contributed by atoms with E-state index >= 15 is 0 Å². The van der Waals surface area contributed by atoms with E-state index in [-0.39, 0.29) is 17.4 Å². The summed E-state index contributed by atoms with van der Waals surface area (Å²) in [4.78, 5) is 41.9. The number of carboxylic acid groups (broad SMARTS) is 1. The minimum Gasteiger partial charge on any atom is -0.481 e. The first-order chi connectivity index (χ1) is 14.3. The van der Waals surface area contributed by atoms with Crippen LogP contribution in [0.2, 0.25) is 0 Å². The van der Waals surface area contributed by atoms with E-state index in [2.05, 4.69) is 15.6 Å². The van der Waals surface area contributed by atoms with Crippen LogP contribution in [0.1, 0.15) is 30.0 Å². The number of pyridine rings is 1. The van der Waals surface area contributed by atoms with Gasteiger partial charge >= 0.3 is 5.97 Å². The number of hydrogen-bond acceptors (Lipinski definition) is 5. The highest BCUT2D eigenvalue weighted by Crippen LogP contribution is 2.31. The number of nitrogens with one attached hydrogen (secondary N) is 2. The van der Waals surface area contributed by atoms with Crippen LogP contribution in [0.4, 0.5) is 11.4 Å². The number of hydrogen-bond donors (Lipinski definition) is 4. The zero-order chi connectivity index (χ0) is 21.7. The zero-order valence-electron chi connectivity index (χ0n) is 16.0. The maximum absolute atomic E-state index is 12.8. The molecule has 0 aliphatic carbocycles. The lowest BCUT2D eigenvalue weighted by Crippen LogP contribution is -2.36. The average Bonchev–Trinajstić information content (AvgIpc) is 3.10. The molecule has 9 nitrogen and oxygen atoms in total. The molecule has 1 aliphatic heterocycles. The highest BCUT2D eigenvalue weighted by Gasteiger charge is 2.27. The molecule has 1 aromatic heterocycles. The van der Waals surface area contributed by atoms with Crippen molar-refractivity contribution in [3.05, 3.63) is 53.9 Å². The number of rotatable bonds is 7. The first-order valence-corrected chi connectivity index (χ1v) is 9.65. The number of carbonyl (C=O) groups is 3. The Kier molecular flexibility index (Phi) is 6.58. The molecule has 3 rings (SSSR count). The van der Waals surface area contributed by atoms with Gasteiger partial charge in [-0.05, 0) is 48.0 Å². The number of thiocarbonyl (C=S) groups is 1. The van der Waals surface area contributed by atoms with Crippen LogP contribution in [-0.2, 0) is 20.8 Å². The zero-order valence-corrected chi connectivity index (χ0v) is 16.8. The van der Waals surface area contributed by atoms with Crippen LogP contribution >= 0.6 is 12.2 Å². The Morgan fingerprint density at radius 2 is 2.10 bits per heavy atom. The molecule has 1 aliphatic rings. The number of fused-ring (bicyclic) bond motifs is 1. The molecule has 10 heteroatoms. The van der Waals surface area contributed by atoms with Crippen molar-refractivity contribution in [2.24, 2.45) is 5.73 Å². The molecule has 2 amide bonds. The van der Waals surface area contributed by atoms with Gasteiger partial charge < -0.3 is 26.4 Å². The van der Waals surface area contributed by atoms with Crippen molar-refractivity contribution >= 4 is 46.5 Å². The molecule has 0 bridgehead atoms. The number of nitrogens with zero attached hydrogens (tertiary/aromatic N) is 2. The van der Waals surface area contributed by atoms with Crippen molar-refractivity contribution in [2.45, 2.75) is 25.3 Å². The lowest BCUT2D eigenvalue weighted by molar-refractivity contribution is -0.137. The Hall–Kier alpha value is -3.53. The van der Waals surface area contributed by atoms with E-state index in [4.69, 9.17) is 23.1 Å². The standard InChI is InChI=1S/C20H21N5O4S/c21-20(30)23-14-4-3-12-5-7-25(16(12)8-14)18(27)10-17(26)24-15(9-19(28)29)13-2-1-6-22-11-13/h1-4,6,8,11,15H,5,7,9-10H2,(H,24,26)(H,28,29)(H3,21,23,30). The van der Waals surface area contributed by atoms with Crippen LogP contribution < -0.4 is 21.3 Å². The third-order valence-electron chi connectivity index (χ3n) is 4.66. The van der Waals surface area contributed by atoms with Gasteiger partial charge in [-0.3, -0.25) is 19.4 Å². The van der Waals surface area contributed by atoms with Gasteiger partial charge in [-0.15, -0.1) is 0 Å². The molecule has 1 atom stereocenters. The molecular formula is C20H21N5O4S. The first-order valence-electron chi connectivity index (χ1n) is 9.24. The van der Waals surface area contributed by atoms with Gasteiger partial charge in [0.25, 0.3) is 0 Å². The fraction of sp³-hybridized carbons (Fsp3) is 0.250. The number of anilines is 2. The van der Waals surface area contributed by atoms with Crippen LogP contribution in [-0.4, -0.2) is 39.5 Å². The fourth-order valence-corrected chi connectivity index (χ4v) is 3.46. The molecule has 156 valence electrons. The van der Waals surface area contributed by atoms with E-state index in [0.29, 0.717) is 29.9 Å². The maximum Gasteiger partial charge on any atom is 0.305 e. The smallest absolute Gasteiger partial charge is 0.305 e. The lowest BCUT2D eigenvalue weighted by atomic mass is 10.1. The molecule has 1 unspecified atom stereocenters. The molecular weight excluding hydrogens is 406 g/mol. The average molecular weight is 427 g/mol. The van der Waals surface area contributed by atoms with Crippen molar-refractivity contribution in [1.82, 2.24) is 10.3 Å². The summed E-state index contributed by atoms with van der Waals surface area (Å²) in [6.45, 7) is 0.457. The number of carbonyl (C=O) groups excluding carboxylic acids is 2. The van der Waals surface area contributed by atoms with Crippen molar-refractivity contribution in [3.63, 3.8) is 0 Å². The van der Waals surface area contributed by atoms with Crippen LogP contribution in [0, 0.1) is 0 Å². The van der Waals surface area contributed by atoms with E-state index in [1.807, 2.05) is 12.1 Å². The van der Waals surface area contributed by atoms with Gasteiger partial charge in [-0.1, -0.05) is 12.1 Å². The fourth-order valence-electron chi connectivity index (χ4n) is 3.35. The number of aromatic nitrogens is 1. The topological polar surface area (TPSA) is 138 Å². The van der Waals surface area contributed by atoms with Crippen LogP contribution in [0.3, 0.4) is 0 Å². The highest BCUT2D eigenvalue weighted by molar-refractivity contribution is 7.80. The minimum absolute atomic E-state index is 0.116. The number of amides is 2. The Bertz CT molecular complexity index is 982. The SMILES string of the molecule is NC(=S)Nc1ccc2c(c1)N(C(=O)CC(=O)NC(CC(=O)O)c1cccnc1)CC2. The van der Waals surface area contributed by atoms with Crippen LogP contribution in [0.25, 0.3) is 0 Å². The van der Waals surface area contributed by atoms with E-state index in [1.165, 1.54) is 11.1 Å². The van der Waals surface area contributed by atoms with Crippen LogP contribution in [0.5, 0.6) is 0 Å². The van der Waals surface area contributed by atoms with Gasteiger partial charge in [-0.2, -0.15) is 0 Å². The number of aliphatic carboxylic acids is 1. The molecule has 0 spiro atoms. The molecule has 5 N–H and O–H groups in total. The molecule has 2 heterocycles. The molecule has 2 aromatic rings. The van der Waals surface area contributed by atoms with E-state index < -0.39 is 24.3 Å². The third-order valence-corrected chi connectivity index (χ3v) is 4.76. The Balaban J connectivity index is 1.68. The molecule has 0 saturated heterocycles. The molecule has 0 radical (unpaired) electrons. The first kappa shape index (κ1) is 21.2. The van der Waals surface area contributed by atoms with E-state index in [1.54, 1.807) is 24.4 Å². The van der Waals surface area contributed by atoms with Gasteiger partial charge in [0.15, 0.2) is 5.11 Å². The summed E-state index contributed by atoms with van der Waals surface area (Å²) >= 11 is 4.84. The predicted molar refractivity (Wildman–Crippen MR) is 115 cm³/mol. The van der Waals surface area contributed by atoms with Crippen molar-refractivity contribution in [1.29, 1.82) is 0 Å². The van der Waals surface area contributed by atoms with Crippen molar-refractivity contribution in [3.8, 4) is 0 Å². The minimum atomic E-state index is -1.07. The molecule has 0 fully saturated rings. The largest absolute Gasteiger partial charge is 0.481 e. The summed E-state index contributed by atoms with van der Waals surface area (Å²) in [6.07, 6.45) is 3.00. The van der Waals surface area contributed by atoms with Crippen molar-refractivity contribution < 1.29 is 19.5 Å². The lowest BCUT2D eigenvalue weighted by Gasteiger charge is -2.20. The summed E-state index contributed by atoms with van der Waals surface area (Å²) in [5.41, 5.74) is 8.39. The maximum atomic E-state index is 12.8. The summed E-state index contributed by atoms with van der Waals surface area (Å²) in [5, 5.41) is 14.7. The number of carboxylic acids is 1. The summed E-state index contributed by atoms with van der Waals surface area (Å²) < 4.78 is 0. The molecule has 1 aromatic carbocycles. The summed E-state index contributed by atoms with van der Waals surface area (Å²) in [5.74, 6) is -2.00. The molecule has 30 heavy (non-hydrogen) atoms. The van der Waals surface area contributed by atoms with Crippen LogP contribution in [0.15, 0.2) is 42.7 Å². The number of benzene rings is 1. The van der Waals surface area contributed by atoms with Gasteiger partial charge in [0.2, 0.25) is 11.8 Å². The monoisotopic (exact) mass is 427 g/mol. The van der Waals surface area contributed by atoms with Gasteiger partial charge in [0, 0.05) is 30.3 Å². The normalized spacial score (nSPS) is 13.3. The second-order valence-corrected chi connectivity index (χ2v) is 7.25. The van der Waals surface area contributed by atoms with Gasteiger partial charge in [0.05, 0.1) is 12.5 Å². The predicted octanol–water partition coefficient (Wildman–Crippen LogP) is 1.35. The summed E-state index contributed by atoms with van der Waals surface area (Å²) in [7, 11) is 0. The van der Waals surface area contributed by atoms with Gasteiger partial charge in [-0.25, -0.2) is 0 Å².